The number of rotatable bonds is 10. The normalized spacial score (nSPS) is 31.0. The average molecular weight is 357 g/mol. The molecule has 139 valence electrons. The van der Waals surface area contributed by atoms with Crippen LogP contribution in [0.3, 0.4) is 0 Å². The first-order valence-electron chi connectivity index (χ1n) is 9.73. The van der Waals surface area contributed by atoms with Crippen LogP contribution in [0.1, 0.15) is 39.8 Å². The van der Waals surface area contributed by atoms with Gasteiger partial charge < -0.3 is 18.9 Å². The molecule has 0 saturated carbocycles. The maximum atomic E-state index is 11.9. The highest BCUT2D eigenvalue weighted by atomic mass is 16.6. The minimum atomic E-state index is 0.248. The summed E-state index contributed by atoms with van der Waals surface area (Å²) in [5.74, 6) is 0. The van der Waals surface area contributed by atoms with Crippen LogP contribution in [0.4, 0.5) is 0 Å². The number of hydrogen-bond acceptors (Lipinski definition) is 5. The summed E-state index contributed by atoms with van der Waals surface area (Å²) in [7, 11) is 0. The Morgan fingerprint density at radius 2 is 1.27 bits per heavy atom. The van der Waals surface area contributed by atoms with Gasteiger partial charge in [-0.1, -0.05) is 0 Å². The zero-order chi connectivity index (χ0) is 17.7. The molecule has 4 heterocycles. The summed E-state index contributed by atoms with van der Waals surface area (Å²) in [6, 6.07) is 0. The minimum absolute atomic E-state index is 0.248. The molecule has 1 radical (unpaired) electrons. The van der Waals surface area contributed by atoms with Crippen molar-refractivity contribution >= 4 is 6.29 Å². The van der Waals surface area contributed by atoms with E-state index in [4.69, 9.17) is 18.9 Å². The van der Waals surface area contributed by atoms with E-state index in [1.165, 1.54) is 16.7 Å². The molecule has 0 amide bonds. The predicted octanol–water partition coefficient (Wildman–Crippen LogP) is 1.61. The SMILES string of the molecule is Cc1c([C]=O)c(CC2CO2)c(CC2CO2)c(CCC2CO2)c1CC1CO1. The summed E-state index contributed by atoms with van der Waals surface area (Å²) in [4.78, 5) is 11.9. The van der Waals surface area contributed by atoms with Crippen molar-refractivity contribution in [3.63, 3.8) is 0 Å². The smallest absolute Gasteiger partial charge is 0.234 e. The Bertz CT molecular complexity index is 712. The number of epoxide rings is 4. The van der Waals surface area contributed by atoms with Crippen LogP contribution in [-0.4, -0.2) is 57.1 Å². The summed E-state index contributed by atoms with van der Waals surface area (Å²) in [6.07, 6.45) is 8.11. The largest absolute Gasteiger partial charge is 0.373 e. The summed E-state index contributed by atoms with van der Waals surface area (Å²) in [5, 5.41) is 0. The van der Waals surface area contributed by atoms with Crippen molar-refractivity contribution in [3.8, 4) is 0 Å². The third kappa shape index (κ3) is 3.72. The van der Waals surface area contributed by atoms with Gasteiger partial charge in [0.05, 0.1) is 50.8 Å². The van der Waals surface area contributed by atoms with E-state index in [0.717, 1.165) is 75.2 Å². The van der Waals surface area contributed by atoms with Gasteiger partial charge in [-0.2, -0.15) is 0 Å². The van der Waals surface area contributed by atoms with Gasteiger partial charge in [0, 0.05) is 24.8 Å². The maximum absolute atomic E-state index is 11.9. The van der Waals surface area contributed by atoms with E-state index in [1.807, 2.05) is 0 Å². The van der Waals surface area contributed by atoms with Gasteiger partial charge in [-0.3, -0.25) is 4.79 Å². The second-order valence-corrected chi connectivity index (χ2v) is 7.99. The van der Waals surface area contributed by atoms with Gasteiger partial charge in [0.15, 0.2) is 0 Å². The van der Waals surface area contributed by atoms with Crippen LogP contribution in [0.2, 0.25) is 0 Å². The van der Waals surface area contributed by atoms with Crippen molar-refractivity contribution in [2.75, 3.05) is 26.4 Å². The lowest BCUT2D eigenvalue weighted by Crippen LogP contribution is -2.17. The van der Waals surface area contributed by atoms with Crippen LogP contribution >= 0.6 is 0 Å². The lowest BCUT2D eigenvalue weighted by atomic mass is 9.81. The van der Waals surface area contributed by atoms with E-state index >= 15 is 0 Å². The highest BCUT2D eigenvalue weighted by molar-refractivity contribution is 5.82. The molecule has 5 rings (SSSR count). The van der Waals surface area contributed by atoms with Crippen molar-refractivity contribution in [2.24, 2.45) is 0 Å². The number of hydrogen-bond donors (Lipinski definition) is 0. The molecule has 4 unspecified atom stereocenters. The van der Waals surface area contributed by atoms with Gasteiger partial charge in [-0.25, -0.2) is 0 Å². The first kappa shape index (κ1) is 16.9. The minimum Gasteiger partial charge on any atom is -0.373 e. The second kappa shape index (κ2) is 6.71. The molecule has 26 heavy (non-hydrogen) atoms. The van der Waals surface area contributed by atoms with Crippen molar-refractivity contribution in [1.29, 1.82) is 0 Å². The van der Waals surface area contributed by atoms with E-state index in [2.05, 4.69) is 13.2 Å². The fourth-order valence-electron chi connectivity index (χ4n) is 4.09. The molecular weight excluding hydrogens is 332 g/mol. The van der Waals surface area contributed by atoms with Gasteiger partial charge in [0.25, 0.3) is 0 Å². The summed E-state index contributed by atoms with van der Waals surface area (Å²) < 4.78 is 22.0. The Labute approximate surface area is 153 Å². The van der Waals surface area contributed by atoms with E-state index in [-0.39, 0.29) is 12.2 Å². The predicted molar refractivity (Wildman–Crippen MR) is 94.4 cm³/mol. The van der Waals surface area contributed by atoms with Gasteiger partial charge >= 0.3 is 0 Å². The Hall–Kier alpha value is -1.27. The summed E-state index contributed by atoms with van der Waals surface area (Å²) in [6.45, 7) is 5.39. The molecule has 5 heteroatoms. The number of benzene rings is 1. The zero-order valence-electron chi connectivity index (χ0n) is 15.2. The molecule has 5 nitrogen and oxygen atoms in total. The molecule has 0 bridgehead atoms. The van der Waals surface area contributed by atoms with Crippen LogP contribution < -0.4 is 0 Å². The van der Waals surface area contributed by atoms with Crippen molar-refractivity contribution in [1.82, 2.24) is 0 Å². The van der Waals surface area contributed by atoms with E-state index < -0.39 is 0 Å². The second-order valence-electron chi connectivity index (χ2n) is 7.99. The quantitative estimate of drug-likeness (QED) is 0.595. The van der Waals surface area contributed by atoms with Gasteiger partial charge in [0.1, 0.15) is 0 Å². The molecule has 1 aromatic rings. The van der Waals surface area contributed by atoms with Crippen LogP contribution in [-0.2, 0) is 49.4 Å². The molecule has 0 spiro atoms. The van der Waals surface area contributed by atoms with Crippen molar-refractivity contribution < 1.29 is 23.7 Å². The van der Waals surface area contributed by atoms with E-state index in [9.17, 15) is 4.79 Å². The Morgan fingerprint density at radius 1 is 0.769 bits per heavy atom. The molecule has 4 aliphatic rings. The van der Waals surface area contributed by atoms with Crippen LogP contribution in [0.15, 0.2) is 0 Å². The first-order valence-corrected chi connectivity index (χ1v) is 9.73. The topological polar surface area (TPSA) is 67.2 Å². The highest BCUT2D eigenvalue weighted by Gasteiger charge is 2.34. The fraction of sp³-hybridized carbons (Fsp3) is 0.667. The monoisotopic (exact) mass is 357 g/mol. The van der Waals surface area contributed by atoms with Crippen LogP contribution in [0.25, 0.3) is 0 Å². The molecular formula is C21H25O5. The van der Waals surface area contributed by atoms with Crippen molar-refractivity contribution in [2.45, 2.75) is 63.4 Å². The Kier molecular flexibility index (Phi) is 4.36. The fourth-order valence-corrected chi connectivity index (χ4v) is 4.09. The zero-order valence-corrected chi connectivity index (χ0v) is 15.2. The van der Waals surface area contributed by atoms with Gasteiger partial charge in [-0.15, -0.1) is 0 Å². The third-order valence-electron chi connectivity index (χ3n) is 5.95. The average Bonchev–Trinajstić information content (AvgIpc) is 3.45. The lowest BCUT2D eigenvalue weighted by Gasteiger charge is -2.23. The standard InChI is InChI=1S/C21H25O5/c1-12-18(4-14-9-24-14)17(3-2-13-8-23-13)19(5-15-10-25-15)20(21(12)7-22)6-16-11-26-16/h13-16H,2-6,8-11H2,1H3. The molecule has 4 aliphatic heterocycles. The molecule has 4 fully saturated rings. The lowest BCUT2D eigenvalue weighted by molar-refractivity contribution is 0.393. The van der Waals surface area contributed by atoms with Crippen molar-refractivity contribution in [3.05, 3.63) is 33.4 Å². The van der Waals surface area contributed by atoms with Gasteiger partial charge in [0.2, 0.25) is 6.29 Å². The number of carbonyl (C=O) groups excluding carboxylic acids is 1. The molecule has 1 aromatic carbocycles. The number of ether oxygens (including phenoxy) is 4. The Balaban J connectivity index is 1.59. The highest BCUT2D eigenvalue weighted by Crippen LogP contribution is 2.36. The third-order valence-corrected chi connectivity index (χ3v) is 5.95. The van der Waals surface area contributed by atoms with Crippen LogP contribution in [0, 0.1) is 6.92 Å². The molecule has 0 aromatic heterocycles. The van der Waals surface area contributed by atoms with Gasteiger partial charge in [-0.05, 0) is 47.6 Å². The molecule has 0 aliphatic carbocycles. The Morgan fingerprint density at radius 3 is 1.77 bits per heavy atom. The maximum Gasteiger partial charge on any atom is 0.234 e. The van der Waals surface area contributed by atoms with E-state index in [0.29, 0.717) is 12.2 Å². The summed E-state index contributed by atoms with van der Waals surface area (Å²) in [5.41, 5.74) is 6.98. The molecule has 4 saturated heterocycles. The summed E-state index contributed by atoms with van der Waals surface area (Å²) >= 11 is 0. The molecule has 4 atom stereocenters. The first-order chi connectivity index (χ1) is 12.7. The van der Waals surface area contributed by atoms with Crippen LogP contribution in [0.5, 0.6) is 0 Å². The van der Waals surface area contributed by atoms with E-state index in [1.54, 1.807) is 0 Å². The molecule has 0 N–H and O–H groups in total.